The van der Waals surface area contributed by atoms with Gasteiger partial charge in [0.05, 0.1) is 18.9 Å². The van der Waals surface area contributed by atoms with Crippen molar-refractivity contribution in [1.82, 2.24) is 4.98 Å². The van der Waals surface area contributed by atoms with Crippen LogP contribution in [0, 0.1) is 6.92 Å². The van der Waals surface area contributed by atoms with E-state index in [4.69, 9.17) is 9.15 Å². The Balaban J connectivity index is 1.70. The summed E-state index contributed by atoms with van der Waals surface area (Å²) in [6, 6.07) is 18.9. The van der Waals surface area contributed by atoms with E-state index in [0.717, 1.165) is 32.6 Å². The molecule has 0 radical (unpaired) electrons. The molecule has 158 valence electrons. The number of carbonyl (C=O) groups excluding carboxylic acids is 1. The number of hydrogen-bond donors (Lipinski definition) is 2. The number of rotatable bonds is 8. The lowest BCUT2D eigenvalue weighted by molar-refractivity contribution is 0.0997. The lowest BCUT2D eigenvalue weighted by Crippen LogP contribution is -2.16. The van der Waals surface area contributed by atoms with Gasteiger partial charge in [-0.25, -0.2) is 4.98 Å². The van der Waals surface area contributed by atoms with Crippen molar-refractivity contribution in [3.8, 4) is 5.75 Å². The van der Waals surface area contributed by atoms with Crippen LogP contribution in [0.25, 0.3) is 0 Å². The number of aryl methyl sites for hydroxylation is 1. The van der Waals surface area contributed by atoms with Crippen LogP contribution in [-0.2, 0) is 0 Å². The maximum atomic E-state index is 12.6. The van der Waals surface area contributed by atoms with E-state index in [-0.39, 0.29) is 17.7 Å². The predicted octanol–water partition coefficient (Wildman–Crippen LogP) is 5.90. The Morgan fingerprint density at radius 3 is 2.68 bits per heavy atom. The number of aromatic nitrogens is 1. The molecule has 4 aromatic rings. The number of carbonyl (C=O) groups is 1. The standard InChI is InChI=1S/C24H23N3O3S/c1-3-29-18-11-9-17(10-12-18)22(26-21-8-4-5-13-25-21)19-15-16(2)31-24(19)27-23(28)20-7-6-14-30-20/h4-15,22H,3H2,1-2H3,(H,25,26)(H,27,28)/t22-/m0/s1. The highest BCUT2D eigenvalue weighted by Crippen LogP contribution is 2.38. The second-order valence-electron chi connectivity index (χ2n) is 6.87. The third-order valence-electron chi connectivity index (χ3n) is 4.65. The van der Waals surface area contributed by atoms with Crippen molar-refractivity contribution < 1.29 is 13.9 Å². The van der Waals surface area contributed by atoms with Gasteiger partial charge in [0, 0.05) is 16.6 Å². The highest BCUT2D eigenvalue weighted by Gasteiger charge is 2.23. The van der Waals surface area contributed by atoms with Crippen molar-refractivity contribution >= 4 is 28.1 Å². The minimum atomic E-state index is -0.281. The first-order valence-corrected chi connectivity index (χ1v) is 10.8. The Morgan fingerprint density at radius 1 is 1.16 bits per heavy atom. The van der Waals surface area contributed by atoms with Crippen LogP contribution in [0.4, 0.5) is 10.8 Å². The molecule has 0 bridgehead atoms. The van der Waals surface area contributed by atoms with Gasteiger partial charge < -0.3 is 19.8 Å². The summed E-state index contributed by atoms with van der Waals surface area (Å²) < 4.78 is 10.8. The van der Waals surface area contributed by atoms with Crippen LogP contribution in [0.3, 0.4) is 0 Å². The maximum absolute atomic E-state index is 12.6. The fraction of sp³-hybridized carbons (Fsp3) is 0.167. The predicted molar refractivity (Wildman–Crippen MR) is 123 cm³/mol. The Kier molecular flexibility index (Phi) is 6.33. The van der Waals surface area contributed by atoms with Gasteiger partial charge in [-0.1, -0.05) is 18.2 Å². The van der Waals surface area contributed by atoms with E-state index >= 15 is 0 Å². The van der Waals surface area contributed by atoms with Crippen LogP contribution in [0.15, 0.2) is 77.5 Å². The molecule has 2 N–H and O–H groups in total. The highest BCUT2D eigenvalue weighted by atomic mass is 32.1. The zero-order valence-corrected chi connectivity index (χ0v) is 18.1. The third kappa shape index (κ3) is 4.95. The normalized spacial score (nSPS) is 11.7. The minimum absolute atomic E-state index is 0.220. The number of amides is 1. The van der Waals surface area contributed by atoms with Gasteiger partial charge in [0.2, 0.25) is 0 Å². The quantitative estimate of drug-likeness (QED) is 0.362. The molecule has 0 fully saturated rings. The summed E-state index contributed by atoms with van der Waals surface area (Å²) in [6.07, 6.45) is 3.23. The number of thiophene rings is 1. The SMILES string of the molecule is CCOc1ccc([C@H](Nc2ccccn2)c2cc(C)sc2NC(=O)c2ccco2)cc1. The molecule has 6 nitrogen and oxygen atoms in total. The number of nitrogens with one attached hydrogen (secondary N) is 2. The first-order chi connectivity index (χ1) is 15.1. The molecule has 0 aliphatic rings. The molecule has 31 heavy (non-hydrogen) atoms. The van der Waals surface area contributed by atoms with Crippen LogP contribution in [0.2, 0.25) is 0 Å². The lowest BCUT2D eigenvalue weighted by atomic mass is 9.99. The minimum Gasteiger partial charge on any atom is -0.494 e. The Bertz CT molecular complexity index is 1120. The van der Waals surface area contributed by atoms with E-state index in [1.54, 1.807) is 18.3 Å². The smallest absolute Gasteiger partial charge is 0.291 e. The molecule has 0 saturated carbocycles. The fourth-order valence-electron chi connectivity index (χ4n) is 3.28. The van der Waals surface area contributed by atoms with E-state index in [1.165, 1.54) is 17.6 Å². The molecule has 0 aliphatic heterocycles. The number of anilines is 2. The molecule has 0 aliphatic carbocycles. The van der Waals surface area contributed by atoms with Crippen LogP contribution in [0.5, 0.6) is 5.75 Å². The van der Waals surface area contributed by atoms with Gasteiger partial charge in [-0.15, -0.1) is 11.3 Å². The summed E-state index contributed by atoms with van der Waals surface area (Å²) in [7, 11) is 0. The fourth-order valence-corrected chi connectivity index (χ4v) is 4.22. The largest absolute Gasteiger partial charge is 0.494 e. The first kappa shape index (κ1) is 20.7. The molecule has 0 unspecified atom stereocenters. The van der Waals surface area contributed by atoms with E-state index < -0.39 is 0 Å². The number of hydrogen-bond acceptors (Lipinski definition) is 6. The molecular formula is C24H23N3O3S. The Hall–Kier alpha value is -3.58. The van der Waals surface area contributed by atoms with Gasteiger partial charge in [0.15, 0.2) is 5.76 Å². The molecule has 1 amide bonds. The lowest BCUT2D eigenvalue weighted by Gasteiger charge is -2.21. The number of ether oxygens (including phenoxy) is 1. The van der Waals surface area contributed by atoms with Gasteiger partial charge in [-0.05, 0) is 61.9 Å². The molecule has 3 heterocycles. The summed E-state index contributed by atoms with van der Waals surface area (Å²) >= 11 is 1.53. The summed E-state index contributed by atoms with van der Waals surface area (Å²) in [5.41, 5.74) is 1.98. The second kappa shape index (κ2) is 9.49. The van der Waals surface area contributed by atoms with Crippen molar-refractivity contribution in [3.05, 3.63) is 94.9 Å². The highest BCUT2D eigenvalue weighted by molar-refractivity contribution is 7.16. The number of furan rings is 1. The molecule has 1 aromatic carbocycles. The first-order valence-electron chi connectivity index (χ1n) is 9.99. The van der Waals surface area contributed by atoms with Crippen molar-refractivity contribution in [2.45, 2.75) is 19.9 Å². The summed E-state index contributed by atoms with van der Waals surface area (Å²) in [5, 5.41) is 7.27. The Morgan fingerprint density at radius 2 is 2.00 bits per heavy atom. The van der Waals surface area contributed by atoms with Gasteiger partial charge in [0.1, 0.15) is 16.6 Å². The van der Waals surface area contributed by atoms with E-state index in [2.05, 4.69) is 21.7 Å². The van der Waals surface area contributed by atoms with E-state index in [9.17, 15) is 4.79 Å². The Labute approximate surface area is 184 Å². The topological polar surface area (TPSA) is 76.4 Å². The average molecular weight is 434 g/mol. The van der Waals surface area contributed by atoms with Crippen molar-refractivity contribution in [2.24, 2.45) is 0 Å². The van der Waals surface area contributed by atoms with Crippen molar-refractivity contribution in [2.75, 3.05) is 17.2 Å². The van der Waals surface area contributed by atoms with E-state index in [1.807, 2.05) is 56.3 Å². The molecule has 4 rings (SSSR count). The van der Waals surface area contributed by atoms with Gasteiger partial charge in [-0.3, -0.25) is 4.79 Å². The number of nitrogens with zero attached hydrogens (tertiary/aromatic N) is 1. The van der Waals surface area contributed by atoms with Crippen LogP contribution < -0.4 is 15.4 Å². The van der Waals surface area contributed by atoms with Crippen LogP contribution in [-0.4, -0.2) is 17.5 Å². The molecule has 7 heteroatoms. The maximum Gasteiger partial charge on any atom is 0.291 e. The zero-order chi connectivity index (χ0) is 21.6. The number of pyridine rings is 1. The van der Waals surface area contributed by atoms with Gasteiger partial charge >= 0.3 is 0 Å². The molecular weight excluding hydrogens is 410 g/mol. The second-order valence-corrected chi connectivity index (χ2v) is 8.12. The van der Waals surface area contributed by atoms with Crippen molar-refractivity contribution in [3.63, 3.8) is 0 Å². The summed E-state index contributed by atoms with van der Waals surface area (Å²) in [4.78, 5) is 18.1. The van der Waals surface area contributed by atoms with Gasteiger partial charge in [0.25, 0.3) is 5.91 Å². The summed E-state index contributed by atoms with van der Waals surface area (Å²) in [6.45, 7) is 4.59. The number of benzene rings is 1. The van der Waals surface area contributed by atoms with Crippen LogP contribution >= 0.6 is 11.3 Å². The van der Waals surface area contributed by atoms with E-state index in [0.29, 0.717) is 6.61 Å². The van der Waals surface area contributed by atoms with Crippen LogP contribution in [0.1, 0.15) is 39.5 Å². The van der Waals surface area contributed by atoms with Gasteiger partial charge in [-0.2, -0.15) is 0 Å². The molecule has 0 saturated heterocycles. The monoisotopic (exact) mass is 433 g/mol. The molecule has 3 aromatic heterocycles. The molecule has 1 atom stereocenters. The average Bonchev–Trinajstić information content (AvgIpc) is 3.44. The third-order valence-corrected chi connectivity index (χ3v) is 5.63. The zero-order valence-electron chi connectivity index (χ0n) is 17.3. The molecule has 0 spiro atoms. The summed E-state index contributed by atoms with van der Waals surface area (Å²) in [5.74, 6) is 1.55. The van der Waals surface area contributed by atoms with Crippen molar-refractivity contribution in [1.29, 1.82) is 0 Å².